The second kappa shape index (κ2) is 5.55. The minimum Gasteiger partial charge on any atom is -0.455 e. The minimum absolute atomic E-state index is 0.0803. The van der Waals surface area contributed by atoms with Crippen LogP contribution in [0.1, 0.15) is 65.7 Å². The van der Waals surface area contributed by atoms with Crippen molar-refractivity contribution in [2.45, 2.75) is 71.3 Å². The molecule has 5 rings (SSSR count). The number of carbonyl (C=O) groups is 3. The predicted molar refractivity (Wildman–Crippen MR) is 91.3 cm³/mol. The van der Waals surface area contributed by atoms with Gasteiger partial charge in [-0.1, -0.05) is 6.92 Å². The second-order valence-corrected chi connectivity index (χ2v) is 9.41. The molecule has 25 heavy (non-hydrogen) atoms. The summed E-state index contributed by atoms with van der Waals surface area (Å²) >= 11 is 0. The molecule has 1 aliphatic heterocycles. The van der Waals surface area contributed by atoms with E-state index in [-0.39, 0.29) is 29.9 Å². The lowest BCUT2D eigenvalue weighted by molar-refractivity contribution is -0.206. The van der Waals surface area contributed by atoms with Gasteiger partial charge in [0.05, 0.1) is 17.4 Å². The molecule has 2 amide bonds. The zero-order chi connectivity index (χ0) is 18.0. The number of hydrogen-bond donors (Lipinski definition) is 0. The Morgan fingerprint density at radius 3 is 2.16 bits per heavy atom. The van der Waals surface area contributed by atoms with E-state index in [2.05, 4.69) is 0 Å². The van der Waals surface area contributed by atoms with Crippen molar-refractivity contribution >= 4 is 17.8 Å². The minimum atomic E-state index is -0.598. The van der Waals surface area contributed by atoms with Crippen molar-refractivity contribution in [2.24, 2.45) is 29.1 Å². The molecule has 1 saturated heterocycles. The number of esters is 1. The molecule has 4 bridgehead atoms. The lowest BCUT2D eigenvalue weighted by atomic mass is 9.45. The van der Waals surface area contributed by atoms with Crippen molar-refractivity contribution < 1.29 is 19.1 Å². The third-order valence-electron chi connectivity index (χ3n) is 7.66. The van der Waals surface area contributed by atoms with Crippen molar-refractivity contribution in [1.82, 2.24) is 4.90 Å². The molecule has 1 heterocycles. The monoisotopic (exact) mass is 347 g/mol. The molecule has 138 valence electrons. The normalized spacial score (nSPS) is 38.8. The average molecular weight is 347 g/mol. The average Bonchev–Trinajstić information content (AvgIpc) is 2.54. The number of imide groups is 1. The topological polar surface area (TPSA) is 63.7 Å². The SMILES string of the molecule is CCC(C)(C)C(=O)OCC(=O)N1C(=O)CC12C1CC3CC(C1)CC2C3. The molecule has 5 nitrogen and oxygen atoms in total. The lowest BCUT2D eigenvalue weighted by Crippen LogP contribution is -2.76. The molecule has 1 spiro atoms. The van der Waals surface area contributed by atoms with Gasteiger partial charge in [0.2, 0.25) is 5.91 Å². The smallest absolute Gasteiger partial charge is 0.312 e. The highest BCUT2D eigenvalue weighted by Crippen LogP contribution is 2.64. The van der Waals surface area contributed by atoms with Crippen LogP contribution in [0, 0.1) is 29.1 Å². The van der Waals surface area contributed by atoms with Gasteiger partial charge < -0.3 is 4.74 Å². The Hall–Kier alpha value is -1.39. The summed E-state index contributed by atoms with van der Waals surface area (Å²) in [6.07, 6.45) is 7.15. The summed E-state index contributed by atoms with van der Waals surface area (Å²) in [5, 5.41) is 0. The Bertz CT molecular complexity index is 595. The van der Waals surface area contributed by atoms with Crippen LogP contribution in [0.4, 0.5) is 0 Å². The van der Waals surface area contributed by atoms with Gasteiger partial charge in [-0.25, -0.2) is 0 Å². The van der Waals surface area contributed by atoms with Gasteiger partial charge in [0.1, 0.15) is 0 Å². The molecule has 4 saturated carbocycles. The molecule has 5 fully saturated rings. The Kier molecular flexibility index (Phi) is 3.79. The maximum absolute atomic E-state index is 12.8. The van der Waals surface area contributed by atoms with Crippen LogP contribution in [0.3, 0.4) is 0 Å². The Morgan fingerprint density at radius 1 is 1.12 bits per heavy atom. The molecule has 4 aliphatic carbocycles. The molecule has 0 N–H and O–H groups in total. The fraction of sp³-hybridized carbons (Fsp3) is 0.850. The summed E-state index contributed by atoms with van der Waals surface area (Å²) in [6, 6.07) is 0. The molecule has 0 aromatic rings. The van der Waals surface area contributed by atoms with Gasteiger partial charge in [0.15, 0.2) is 6.61 Å². The van der Waals surface area contributed by atoms with Gasteiger partial charge in [-0.15, -0.1) is 0 Å². The first kappa shape index (κ1) is 17.0. The van der Waals surface area contributed by atoms with Gasteiger partial charge in [0.25, 0.3) is 5.91 Å². The van der Waals surface area contributed by atoms with Gasteiger partial charge in [0, 0.05) is 0 Å². The Labute approximate surface area is 149 Å². The van der Waals surface area contributed by atoms with E-state index in [1.165, 1.54) is 11.3 Å². The van der Waals surface area contributed by atoms with E-state index >= 15 is 0 Å². The van der Waals surface area contributed by atoms with E-state index < -0.39 is 5.41 Å². The van der Waals surface area contributed by atoms with Crippen LogP contribution >= 0.6 is 0 Å². The van der Waals surface area contributed by atoms with Crippen molar-refractivity contribution in [3.05, 3.63) is 0 Å². The highest BCUT2D eigenvalue weighted by Gasteiger charge is 2.67. The number of rotatable bonds is 4. The first-order valence-electron chi connectivity index (χ1n) is 9.81. The molecule has 0 radical (unpaired) electrons. The van der Waals surface area contributed by atoms with E-state index in [1.54, 1.807) is 0 Å². The van der Waals surface area contributed by atoms with Crippen LogP contribution in [0.2, 0.25) is 0 Å². The number of carbonyl (C=O) groups excluding carboxylic acids is 3. The number of hydrogen-bond acceptors (Lipinski definition) is 4. The molecular weight excluding hydrogens is 318 g/mol. The lowest BCUT2D eigenvalue weighted by Gasteiger charge is -2.67. The quantitative estimate of drug-likeness (QED) is 0.579. The number of nitrogens with zero attached hydrogens (tertiary/aromatic N) is 1. The molecule has 0 aromatic heterocycles. The predicted octanol–water partition coefficient (Wildman–Crippen LogP) is 2.92. The largest absolute Gasteiger partial charge is 0.455 e. The fourth-order valence-corrected chi connectivity index (χ4v) is 6.10. The zero-order valence-corrected chi connectivity index (χ0v) is 15.5. The number of likely N-dealkylation sites (tertiary alicyclic amines) is 1. The highest BCUT2D eigenvalue weighted by molar-refractivity contribution is 6.03. The van der Waals surface area contributed by atoms with Crippen molar-refractivity contribution in [1.29, 1.82) is 0 Å². The summed E-state index contributed by atoms with van der Waals surface area (Å²) in [5.41, 5.74) is -0.853. The molecule has 5 heteroatoms. The van der Waals surface area contributed by atoms with Crippen LogP contribution < -0.4 is 0 Å². The zero-order valence-electron chi connectivity index (χ0n) is 15.5. The van der Waals surface area contributed by atoms with E-state index in [0.29, 0.717) is 24.7 Å². The van der Waals surface area contributed by atoms with Crippen LogP contribution in [-0.2, 0) is 19.1 Å². The van der Waals surface area contributed by atoms with Crippen LogP contribution in [0.15, 0.2) is 0 Å². The Balaban J connectivity index is 1.47. The summed E-state index contributed by atoms with van der Waals surface area (Å²) in [6.45, 7) is 5.25. The van der Waals surface area contributed by atoms with E-state index in [0.717, 1.165) is 37.5 Å². The third-order valence-corrected chi connectivity index (χ3v) is 7.66. The van der Waals surface area contributed by atoms with Crippen molar-refractivity contribution in [2.75, 3.05) is 6.61 Å². The fourth-order valence-electron chi connectivity index (χ4n) is 6.10. The first-order chi connectivity index (χ1) is 11.8. The summed E-state index contributed by atoms with van der Waals surface area (Å²) in [7, 11) is 0. The molecule has 5 aliphatic rings. The van der Waals surface area contributed by atoms with Crippen molar-refractivity contribution in [3.8, 4) is 0 Å². The van der Waals surface area contributed by atoms with Gasteiger partial charge in [-0.05, 0) is 76.0 Å². The van der Waals surface area contributed by atoms with Gasteiger partial charge in [-0.2, -0.15) is 0 Å². The summed E-state index contributed by atoms with van der Waals surface area (Å²) in [5.74, 6) is 1.76. The number of ether oxygens (including phenoxy) is 1. The molecular formula is C20H29NO4. The first-order valence-corrected chi connectivity index (χ1v) is 9.81. The van der Waals surface area contributed by atoms with Crippen LogP contribution in [0.25, 0.3) is 0 Å². The molecule has 0 atom stereocenters. The highest BCUT2D eigenvalue weighted by atomic mass is 16.5. The Morgan fingerprint density at radius 2 is 1.68 bits per heavy atom. The van der Waals surface area contributed by atoms with E-state index in [4.69, 9.17) is 4.74 Å². The second-order valence-electron chi connectivity index (χ2n) is 9.41. The van der Waals surface area contributed by atoms with Gasteiger partial charge in [-0.3, -0.25) is 19.3 Å². The molecule has 0 unspecified atom stereocenters. The van der Waals surface area contributed by atoms with Crippen LogP contribution in [0.5, 0.6) is 0 Å². The van der Waals surface area contributed by atoms with Gasteiger partial charge >= 0.3 is 5.97 Å². The standard InChI is InChI=1S/C20H29NO4/c1-4-19(2,3)18(24)25-11-17(23)21-16(22)10-20(21)14-6-12-5-13(8-14)9-15(20)7-12/h12-15H,4-11H2,1-3H3. The summed E-state index contributed by atoms with van der Waals surface area (Å²) < 4.78 is 5.27. The number of β-lactam (4-membered cyclic amide) rings is 1. The van der Waals surface area contributed by atoms with Crippen molar-refractivity contribution in [3.63, 3.8) is 0 Å². The third kappa shape index (κ3) is 2.37. The number of amides is 2. The molecule has 0 aromatic carbocycles. The van der Waals surface area contributed by atoms with E-state index in [9.17, 15) is 14.4 Å². The maximum atomic E-state index is 12.8. The summed E-state index contributed by atoms with van der Waals surface area (Å²) in [4.78, 5) is 38.8. The van der Waals surface area contributed by atoms with Crippen LogP contribution in [-0.4, -0.2) is 34.8 Å². The maximum Gasteiger partial charge on any atom is 0.312 e. The van der Waals surface area contributed by atoms with E-state index in [1.807, 2.05) is 20.8 Å².